The smallest absolute Gasteiger partial charge is 0.262 e. The minimum Gasteiger partial charge on any atom is -0.338 e. The largest absolute Gasteiger partial charge is 0.338 e. The number of fused-ring (bicyclic) bond motifs is 1. The Bertz CT molecular complexity index is 1120. The molecule has 6 heteroatoms. The van der Waals surface area contributed by atoms with Crippen molar-refractivity contribution in [3.05, 3.63) is 76.6 Å². The molecular weight excluding hydrogens is 382 g/mol. The van der Waals surface area contributed by atoms with Crippen LogP contribution in [-0.4, -0.2) is 39.2 Å². The molecule has 3 aromatic rings. The Hall–Kier alpha value is -2.86. The van der Waals surface area contributed by atoms with Gasteiger partial charge in [-0.2, -0.15) is 0 Å². The predicted molar refractivity (Wildman–Crippen MR) is 118 cm³/mol. The Morgan fingerprint density at radius 2 is 1.86 bits per heavy atom. The fourth-order valence-electron chi connectivity index (χ4n) is 3.56. The quantitative estimate of drug-likeness (QED) is 0.478. The van der Waals surface area contributed by atoms with Crippen LogP contribution < -0.4 is 5.56 Å². The van der Waals surface area contributed by atoms with Crippen molar-refractivity contribution in [3.63, 3.8) is 0 Å². The highest BCUT2D eigenvalue weighted by molar-refractivity contribution is 7.99. The summed E-state index contributed by atoms with van der Waals surface area (Å²) in [6, 6.07) is 17.6. The maximum absolute atomic E-state index is 12.7. The zero-order valence-electron chi connectivity index (χ0n) is 16.4. The molecule has 0 spiro atoms. The van der Waals surface area contributed by atoms with E-state index in [9.17, 15) is 9.59 Å². The molecule has 0 radical (unpaired) electrons. The summed E-state index contributed by atoms with van der Waals surface area (Å²) in [4.78, 5) is 31.9. The molecule has 5 nitrogen and oxygen atoms in total. The molecule has 0 saturated heterocycles. The molecule has 1 aliphatic heterocycles. The lowest BCUT2D eigenvalue weighted by atomic mass is 10.00. The summed E-state index contributed by atoms with van der Waals surface area (Å²) >= 11 is 1.34. The maximum atomic E-state index is 12.7. The Balaban J connectivity index is 1.45. The van der Waals surface area contributed by atoms with E-state index in [1.165, 1.54) is 22.9 Å². The van der Waals surface area contributed by atoms with Gasteiger partial charge in [-0.25, -0.2) is 4.98 Å². The van der Waals surface area contributed by atoms with E-state index in [-0.39, 0.29) is 17.2 Å². The summed E-state index contributed by atoms with van der Waals surface area (Å²) in [5.74, 6) is 0.350. The van der Waals surface area contributed by atoms with Crippen LogP contribution in [0.3, 0.4) is 0 Å². The summed E-state index contributed by atoms with van der Waals surface area (Å²) in [5, 5.41) is 1.21. The maximum Gasteiger partial charge on any atom is 0.262 e. The molecule has 1 amide bonds. The molecule has 148 valence electrons. The van der Waals surface area contributed by atoms with Gasteiger partial charge in [0, 0.05) is 19.6 Å². The van der Waals surface area contributed by atoms with E-state index in [0.717, 1.165) is 6.42 Å². The van der Waals surface area contributed by atoms with Crippen molar-refractivity contribution >= 4 is 34.1 Å². The van der Waals surface area contributed by atoms with Crippen molar-refractivity contribution in [3.8, 4) is 0 Å². The SMILES string of the molecule is CCn1c(SCC(=O)N2CC=C(c3ccccc3)CC2)nc2ccccc2c1=O. The molecule has 0 saturated carbocycles. The number of aromatic nitrogens is 2. The number of thioether (sulfide) groups is 1. The van der Waals surface area contributed by atoms with Crippen LogP contribution >= 0.6 is 11.8 Å². The van der Waals surface area contributed by atoms with E-state index >= 15 is 0 Å². The summed E-state index contributed by atoms with van der Waals surface area (Å²) < 4.78 is 1.64. The van der Waals surface area contributed by atoms with E-state index in [2.05, 4.69) is 23.2 Å². The van der Waals surface area contributed by atoms with Gasteiger partial charge in [-0.3, -0.25) is 14.2 Å². The number of benzene rings is 2. The lowest BCUT2D eigenvalue weighted by Gasteiger charge is -2.26. The van der Waals surface area contributed by atoms with Gasteiger partial charge in [0.15, 0.2) is 5.16 Å². The number of para-hydroxylation sites is 1. The first-order valence-corrected chi connectivity index (χ1v) is 10.8. The van der Waals surface area contributed by atoms with E-state index in [1.807, 2.05) is 48.2 Å². The van der Waals surface area contributed by atoms with Crippen LogP contribution in [-0.2, 0) is 11.3 Å². The minimum atomic E-state index is -0.0542. The van der Waals surface area contributed by atoms with E-state index in [0.29, 0.717) is 35.7 Å². The molecule has 2 heterocycles. The van der Waals surface area contributed by atoms with E-state index < -0.39 is 0 Å². The van der Waals surface area contributed by atoms with E-state index in [4.69, 9.17) is 0 Å². The van der Waals surface area contributed by atoms with E-state index in [1.54, 1.807) is 10.6 Å². The minimum absolute atomic E-state index is 0.0542. The molecule has 0 atom stereocenters. The Morgan fingerprint density at radius 1 is 1.10 bits per heavy atom. The third-order valence-electron chi connectivity index (χ3n) is 5.17. The van der Waals surface area contributed by atoms with Gasteiger partial charge in [-0.1, -0.05) is 60.3 Å². The fourth-order valence-corrected chi connectivity index (χ4v) is 4.53. The Labute approximate surface area is 174 Å². The first-order valence-electron chi connectivity index (χ1n) is 9.82. The first-order chi connectivity index (χ1) is 14.2. The van der Waals surface area contributed by atoms with Gasteiger partial charge < -0.3 is 4.90 Å². The number of rotatable bonds is 5. The van der Waals surface area contributed by atoms with Crippen LogP contribution in [0.4, 0.5) is 0 Å². The second-order valence-electron chi connectivity index (χ2n) is 6.93. The number of amides is 1. The Kier molecular flexibility index (Phi) is 5.81. The van der Waals surface area contributed by atoms with Crippen LogP contribution in [0.15, 0.2) is 70.6 Å². The highest BCUT2D eigenvalue weighted by Gasteiger charge is 2.19. The average Bonchev–Trinajstić information content (AvgIpc) is 2.78. The van der Waals surface area contributed by atoms with Crippen molar-refractivity contribution in [2.24, 2.45) is 0 Å². The lowest BCUT2D eigenvalue weighted by Crippen LogP contribution is -2.36. The van der Waals surface area contributed by atoms with Gasteiger partial charge >= 0.3 is 0 Å². The summed E-state index contributed by atoms with van der Waals surface area (Å²) in [6.07, 6.45) is 2.99. The van der Waals surface area contributed by atoms with Crippen molar-refractivity contribution in [1.29, 1.82) is 0 Å². The predicted octanol–water partition coefficient (Wildman–Crippen LogP) is 3.82. The van der Waals surface area contributed by atoms with Crippen LogP contribution in [0.25, 0.3) is 16.5 Å². The normalized spacial score (nSPS) is 14.1. The van der Waals surface area contributed by atoms with Crippen LogP contribution in [0.5, 0.6) is 0 Å². The molecular formula is C23H23N3O2S. The summed E-state index contributed by atoms with van der Waals surface area (Å²) in [6.45, 7) is 3.78. The second-order valence-corrected chi connectivity index (χ2v) is 7.88. The number of nitrogens with zero attached hydrogens (tertiary/aromatic N) is 3. The molecule has 1 aliphatic rings. The van der Waals surface area contributed by atoms with Crippen molar-refractivity contribution in [2.75, 3.05) is 18.8 Å². The monoisotopic (exact) mass is 405 g/mol. The van der Waals surface area contributed by atoms with Crippen molar-refractivity contribution in [2.45, 2.75) is 25.0 Å². The molecule has 0 aliphatic carbocycles. The zero-order valence-corrected chi connectivity index (χ0v) is 17.2. The van der Waals surface area contributed by atoms with Gasteiger partial charge in [0.2, 0.25) is 5.91 Å². The number of carbonyl (C=O) groups excluding carboxylic acids is 1. The first kappa shape index (κ1) is 19.5. The highest BCUT2D eigenvalue weighted by Crippen LogP contribution is 2.23. The van der Waals surface area contributed by atoms with Gasteiger partial charge in [-0.15, -0.1) is 0 Å². The zero-order chi connectivity index (χ0) is 20.2. The van der Waals surface area contributed by atoms with Gasteiger partial charge in [-0.05, 0) is 36.6 Å². The van der Waals surface area contributed by atoms with Gasteiger partial charge in [0.25, 0.3) is 5.56 Å². The van der Waals surface area contributed by atoms with Gasteiger partial charge in [0.05, 0.1) is 16.7 Å². The summed E-state index contributed by atoms with van der Waals surface area (Å²) in [5.41, 5.74) is 3.13. The molecule has 2 aromatic carbocycles. The molecule has 0 unspecified atom stereocenters. The fraction of sp³-hybridized carbons (Fsp3) is 0.261. The molecule has 0 bridgehead atoms. The standard InChI is InChI=1S/C23H23N3O2S/c1-2-26-22(28)19-10-6-7-11-20(19)24-23(26)29-16-21(27)25-14-12-18(13-15-25)17-8-4-3-5-9-17/h3-12H,2,13-16H2,1H3. The molecule has 0 fully saturated rings. The molecule has 0 N–H and O–H groups in total. The second kappa shape index (κ2) is 8.66. The van der Waals surface area contributed by atoms with Crippen molar-refractivity contribution < 1.29 is 4.79 Å². The lowest BCUT2D eigenvalue weighted by molar-refractivity contribution is -0.127. The summed E-state index contributed by atoms with van der Waals surface area (Å²) in [7, 11) is 0. The molecule has 1 aromatic heterocycles. The van der Waals surface area contributed by atoms with Crippen LogP contribution in [0.2, 0.25) is 0 Å². The molecule has 4 rings (SSSR count). The number of hydrogen-bond donors (Lipinski definition) is 0. The average molecular weight is 406 g/mol. The van der Waals surface area contributed by atoms with Crippen LogP contribution in [0, 0.1) is 0 Å². The molecule has 29 heavy (non-hydrogen) atoms. The Morgan fingerprint density at radius 3 is 2.59 bits per heavy atom. The highest BCUT2D eigenvalue weighted by atomic mass is 32.2. The third kappa shape index (κ3) is 4.12. The topological polar surface area (TPSA) is 55.2 Å². The van der Waals surface area contributed by atoms with Crippen molar-refractivity contribution in [1.82, 2.24) is 14.5 Å². The van der Waals surface area contributed by atoms with Crippen LogP contribution in [0.1, 0.15) is 18.9 Å². The number of hydrogen-bond acceptors (Lipinski definition) is 4. The number of carbonyl (C=O) groups is 1. The third-order valence-corrected chi connectivity index (χ3v) is 6.14. The van der Waals surface area contributed by atoms with Gasteiger partial charge in [0.1, 0.15) is 0 Å².